The van der Waals surface area contributed by atoms with Crippen LogP contribution in [0.4, 0.5) is 0 Å². The van der Waals surface area contributed by atoms with Crippen LogP contribution in [0.3, 0.4) is 0 Å². The fraction of sp³-hybridized carbons (Fsp3) is 0.417. The van der Waals surface area contributed by atoms with Crippen molar-refractivity contribution >= 4 is 0 Å². The number of hydrogen-bond donors (Lipinski definition) is 1. The molecule has 0 aromatic carbocycles. The number of nitrogen functional groups attached to an aromatic ring is 1. The second-order valence-electron chi connectivity index (χ2n) is 4.57. The first-order valence-electron chi connectivity index (χ1n) is 5.70. The minimum atomic E-state index is 0.562. The Hall–Kier alpha value is -1.91. The summed E-state index contributed by atoms with van der Waals surface area (Å²) in [4.78, 5) is 10.3. The SMILES string of the molecule is Cc1ncc(CC(C)C)nc1-c1ccn(N)n1. The molecule has 0 saturated heterocycles. The van der Waals surface area contributed by atoms with Gasteiger partial charge in [-0.15, -0.1) is 0 Å². The van der Waals surface area contributed by atoms with Gasteiger partial charge >= 0.3 is 0 Å². The average molecular weight is 231 g/mol. The highest BCUT2D eigenvalue weighted by Crippen LogP contribution is 2.18. The van der Waals surface area contributed by atoms with Gasteiger partial charge in [0.15, 0.2) is 0 Å². The van der Waals surface area contributed by atoms with E-state index in [0.29, 0.717) is 5.92 Å². The first-order valence-corrected chi connectivity index (χ1v) is 5.70. The first-order chi connectivity index (χ1) is 8.06. The Morgan fingerprint density at radius 2 is 2.18 bits per heavy atom. The molecule has 2 heterocycles. The Morgan fingerprint density at radius 1 is 1.41 bits per heavy atom. The van der Waals surface area contributed by atoms with Crippen molar-refractivity contribution in [2.24, 2.45) is 5.92 Å². The highest BCUT2D eigenvalue weighted by molar-refractivity contribution is 5.56. The van der Waals surface area contributed by atoms with E-state index in [1.54, 1.807) is 6.20 Å². The van der Waals surface area contributed by atoms with E-state index in [9.17, 15) is 0 Å². The van der Waals surface area contributed by atoms with Crippen molar-refractivity contribution in [3.8, 4) is 11.4 Å². The van der Waals surface area contributed by atoms with Crippen LogP contribution in [0.5, 0.6) is 0 Å². The van der Waals surface area contributed by atoms with Crippen molar-refractivity contribution in [1.82, 2.24) is 19.9 Å². The van der Waals surface area contributed by atoms with Crippen LogP contribution in [0.15, 0.2) is 18.5 Å². The van der Waals surface area contributed by atoms with Gasteiger partial charge in [-0.3, -0.25) is 4.98 Å². The predicted octanol–water partition coefficient (Wildman–Crippen LogP) is 1.56. The van der Waals surface area contributed by atoms with E-state index in [1.165, 1.54) is 4.79 Å². The van der Waals surface area contributed by atoms with E-state index < -0.39 is 0 Å². The molecule has 0 aliphatic rings. The largest absolute Gasteiger partial charge is 0.323 e. The molecular formula is C12H17N5. The standard InChI is InChI=1S/C12H17N5/c1-8(2)6-10-7-14-9(3)12(15-10)11-4-5-17(13)16-11/h4-5,7-8H,6,13H2,1-3H3. The number of nitrogens with two attached hydrogens (primary N) is 1. The van der Waals surface area contributed by atoms with Gasteiger partial charge in [0, 0.05) is 12.4 Å². The van der Waals surface area contributed by atoms with Crippen molar-refractivity contribution in [3.63, 3.8) is 0 Å². The summed E-state index contributed by atoms with van der Waals surface area (Å²) in [6.45, 7) is 6.25. The first kappa shape index (κ1) is 11.6. The number of aryl methyl sites for hydroxylation is 1. The lowest BCUT2D eigenvalue weighted by molar-refractivity contribution is 0.633. The zero-order valence-electron chi connectivity index (χ0n) is 10.4. The summed E-state index contributed by atoms with van der Waals surface area (Å²) in [6.07, 6.45) is 4.45. The number of hydrogen-bond acceptors (Lipinski definition) is 4. The summed E-state index contributed by atoms with van der Waals surface area (Å²) in [5, 5.41) is 4.15. The molecule has 90 valence electrons. The van der Waals surface area contributed by atoms with Gasteiger partial charge in [0.2, 0.25) is 0 Å². The maximum Gasteiger partial charge on any atom is 0.115 e. The molecule has 0 aliphatic heterocycles. The molecule has 0 saturated carbocycles. The summed E-state index contributed by atoms with van der Waals surface area (Å²) < 4.78 is 0. The molecule has 2 rings (SSSR count). The highest BCUT2D eigenvalue weighted by Gasteiger charge is 2.10. The Morgan fingerprint density at radius 3 is 2.76 bits per heavy atom. The molecule has 0 amide bonds. The lowest BCUT2D eigenvalue weighted by Crippen LogP contribution is -2.08. The van der Waals surface area contributed by atoms with E-state index in [1.807, 2.05) is 19.2 Å². The number of aromatic nitrogens is 4. The van der Waals surface area contributed by atoms with Crippen molar-refractivity contribution in [2.45, 2.75) is 27.2 Å². The number of nitrogens with zero attached hydrogens (tertiary/aromatic N) is 4. The van der Waals surface area contributed by atoms with E-state index in [0.717, 1.165) is 29.2 Å². The molecule has 0 aliphatic carbocycles. The second kappa shape index (κ2) is 4.53. The fourth-order valence-electron chi connectivity index (χ4n) is 1.71. The van der Waals surface area contributed by atoms with E-state index >= 15 is 0 Å². The van der Waals surface area contributed by atoms with Crippen molar-refractivity contribution in [1.29, 1.82) is 0 Å². The monoisotopic (exact) mass is 231 g/mol. The average Bonchev–Trinajstić information content (AvgIpc) is 2.67. The number of rotatable bonds is 3. The molecule has 2 aromatic heterocycles. The summed E-state index contributed by atoms with van der Waals surface area (Å²) in [5.74, 6) is 6.10. The summed E-state index contributed by atoms with van der Waals surface area (Å²) >= 11 is 0. The normalized spacial score (nSPS) is 11.1. The Labute approximate surface area is 101 Å². The van der Waals surface area contributed by atoms with Gasteiger partial charge in [-0.25, -0.2) is 4.98 Å². The summed E-state index contributed by atoms with van der Waals surface area (Å²) in [5.41, 5.74) is 3.44. The van der Waals surface area contributed by atoms with Gasteiger partial charge < -0.3 is 5.84 Å². The van der Waals surface area contributed by atoms with Gasteiger partial charge in [-0.05, 0) is 25.3 Å². The predicted molar refractivity (Wildman–Crippen MR) is 66.7 cm³/mol. The molecule has 2 N–H and O–H groups in total. The molecule has 0 fully saturated rings. The van der Waals surface area contributed by atoms with Gasteiger partial charge in [-0.1, -0.05) is 13.8 Å². The molecule has 17 heavy (non-hydrogen) atoms. The van der Waals surface area contributed by atoms with Gasteiger partial charge in [0.1, 0.15) is 11.4 Å². The lowest BCUT2D eigenvalue weighted by Gasteiger charge is -2.07. The van der Waals surface area contributed by atoms with Crippen LogP contribution >= 0.6 is 0 Å². The third-order valence-corrected chi connectivity index (χ3v) is 2.47. The quantitative estimate of drug-likeness (QED) is 0.814. The molecule has 0 radical (unpaired) electrons. The van der Waals surface area contributed by atoms with Crippen LogP contribution < -0.4 is 5.84 Å². The molecule has 0 bridgehead atoms. The van der Waals surface area contributed by atoms with E-state index in [-0.39, 0.29) is 0 Å². The summed E-state index contributed by atoms with van der Waals surface area (Å²) in [7, 11) is 0. The highest BCUT2D eigenvalue weighted by atomic mass is 15.5. The molecular weight excluding hydrogens is 214 g/mol. The topological polar surface area (TPSA) is 69.6 Å². The molecule has 2 aromatic rings. The zero-order chi connectivity index (χ0) is 12.4. The van der Waals surface area contributed by atoms with Gasteiger partial charge in [0.25, 0.3) is 0 Å². The summed E-state index contributed by atoms with van der Waals surface area (Å²) in [6, 6.07) is 1.84. The molecule has 0 unspecified atom stereocenters. The van der Waals surface area contributed by atoms with Gasteiger partial charge in [0.05, 0.1) is 11.4 Å². The molecule has 0 atom stereocenters. The third-order valence-electron chi connectivity index (χ3n) is 2.47. The molecule has 0 spiro atoms. The second-order valence-corrected chi connectivity index (χ2v) is 4.57. The van der Waals surface area contributed by atoms with Crippen LogP contribution in [-0.2, 0) is 6.42 Å². The maximum absolute atomic E-state index is 5.54. The maximum atomic E-state index is 5.54. The Balaban J connectivity index is 2.39. The molecule has 5 heteroatoms. The van der Waals surface area contributed by atoms with Crippen LogP contribution in [0.2, 0.25) is 0 Å². The minimum absolute atomic E-state index is 0.562. The Kier molecular flexibility index (Phi) is 3.08. The van der Waals surface area contributed by atoms with Crippen LogP contribution in [0.25, 0.3) is 11.4 Å². The van der Waals surface area contributed by atoms with Gasteiger partial charge in [-0.2, -0.15) is 9.89 Å². The third kappa shape index (κ3) is 2.61. The van der Waals surface area contributed by atoms with E-state index in [2.05, 4.69) is 28.9 Å². The van der Waals surface area contributed by atoms with E-state index in [4.69, 9.17) is 5.84 Å². The smallest absolute Gasteiger partial charge is 0.115 e. The fourth-order valence-corrected chi connectivity index (χ4v) is 1.71. The zero-order valence-corrected chi connectivity index (χ0v) is 10.4. The van der Waals surface area contributed by atoms with Crippen LogP contribution in [0, 0.1) is 12.8 Å². The van der Waals surface area contributed by atoms with Crippen LogP contribution in [-0.4, -0.2) is 19.9 Å². The van der Waals surface area contributed by atoms with Crippen molar-refractivity contribution in [2.75, 3.05) is 5.84 Å². The van der Waals surface area contributed by atoms with Crippen LogP contribution in [0.1, 0.15) is 25.2 Å². The molecule has 5 nitrogen and oxygen atoms in total. The minimum Gasteiger partial charge on any atom is -0.323 e. The lowest BCUT2D eigenvalue weighted by atomic mass is 10.1. The Bertz CT molecular complexity index is 515. The van der Waals surface area contributed by atoms with Crippen molar-refractivity contribution in [3.05, 3.63) is 29.8 Å². The van der Waals surface area contributed by atoms with Crippen molar-refractivity contribution < 1.29 is 0 Å².